The minimum atomic E-state index is -3.24. The van der Waals surface area contributed by atoms with Crippen molar-refractivity contribution in [2.75, 3.05) is 13.2 Å². The second-order valence-electron chi connectivity index (χ2n) is 5.73. The number of para-hydroxylation sites is 1. The standard InChI is InChI=1S/C18H19Cl2NO6/c1-4-26-15(23)17(25,16(24)27-5-2)18(19,20)14(22)12-10-21(3)13-9-7-6-8-11(12)13/h6-10,25H,4-5H2,1-3H3. The number of carbonyl (C=O) groups is 3. The molecule has 0 aliphatic rings. The molecule has 0 atom stereocenters. The van der Waals surface area contributed by atoms with Gasteiger partial charge in [-0.3, -0.25) is 4.79 Å². The summed E-state index contributed by atoms with van der Waals surface area (Å²) in [5.74, 6) is -3.98. The van der Waals surface area contributed by atoms with Crippen molar-refractivity contribution in [2.45, 2.75) is 23.8 Å². The first kappa shape index (κ1) is 21.2. The molecule has 1 aromatic heterocycles. The number of esters is 2. The summed E-state index contributed by atoms with van der Waals surface area (Å²) in [5, 5.41) is 11.3. The number of alkyl halides is 2. The topological polar surface area (TPSA) is 94.8 Å². The van der Waals surface area contributed by atoms with Crippen molar-refractivity contribution in [2.24, 2.45) is 7.05 Å². The molecule has 9 heteroatoms. The highest BCUT2D eigenvalue weighted by atomic mass is 35.5. The first-order valence-electron chi connectivity index (χ1n) is 8.16. The summed E-state index contributed by atoms with van der Waals surface area (Å²) >= 11 is 12.3. The molecule has 1 heterocycles. The monoisotopic (exact) mass is 415 g/mol. The molecule has 0 aliphatic carbocycles. The van der Waals surface area contributed by atoms with Crippen molar-refractivity contribution in [1.29, 1.82) is 0 Å². The summed E-state index contributed by atoms with van der Waals surface area (Å²) in [7, 11) is 1.70. The van der Waals surface area contributed by atoms with E-state index in [-0.39, 0.29) is 18.8 Å². The van der Waals surface area contributed by atoms with Gasteiger partial charge in [0.1, 0.15) is 0 Å². The van der Waals surface area contributed by atoms with E-state index < -0.39 is 27.7 Å². The molecule has 0 fully saturated rings. The number of halogens is 2. The molecule has 0 saturated heterocycles. The van der Waals surface area contributed by atoms with Gasteiger partial charge in [-0.2, -0.15) is 0 Å². The van der Waals surface area contributed by atoms with E-state index in [1.54, 1.807) is 35.9 Å². The fraction of sp³-hybridized carbons (Fsp3) is 0.389. The Labute approximate surface area is 165 Å². The van der Waals surface area contributed by atoms with Crippen molar-refractivity contribution in [3.05, 3.63) is 36.0 Å². The molecule has 0 amide bonds. The van der Waals surface area contributed by atoms with E-state index in [1.165, 1.54) is 20.0 Å². The number of benzene rings is 1. The molecule has 1 aromatic carbocycles. The lowest BCUT2D eigenvalue weighted by molar-refractivity contribution is -0.183. The normalized spacial score (nSPS) is 12.1. The fourth-order valence-electron chi connectivity index (χ4n) is 2.67. The second kappa shape index (κ2) is 7.88. The van der Waals surface area contributed by atoms with Crippen LogP contribution in [0.4, 0.5) is 0 Å². The number of aromatic nitrogens is 1. The molecule has 146 valence electrons. The predicted molar refractivity (Wildman–Crippen MR) is 99.9 cm³/mol. The van der Waals surface area contributed by atoms with Crippen LogP contribution < -0.4 is 0 Å². The highest BCUT2D eigenvalue weighted by molar-refractivity contribution is 6.63. The number of fused-ring (bicyclic) bond motifs is 1. The average Bonchev–Trinajstić information content (AvgIpc) is 2.97. The predicted octanol–water partition coefficient (Wildman–Crippen LogP) is 2.39. The number of ketones is 1. The molecular formula is C18H19Cl2NO6. The quantitative estimate of drug-likeness (QED) is 0.322. The van der Waals surface area contributed by atoms with Crippen molar-refractivity contribution in [3.63, 3.8) is 0 Å². The number of rotatable bonds is 7. The molecule has 0 aliphatic heterocycles. The van der Waals surface area contributed by atoms with Gasteiger partial charge in [-0.1, -0.05) is 41.4 Å². The van der Waals surface area contributed by atoms with Gasteiger partial charge in [-0.15, -0.1) is 0 Å². The lowest BCUT2D eigenvalue weighted by Gasteiger charge is -2.32. The van der Waals surface area contributed by atoms with Crippen LogP contribution in [0.3, 0.4) is 0 Å². The molecule has 0 unspecified atom stereocenters. The molecule has 0 spiro atoms. The Morgan fingerprint density at radius 2 is 1.59 bits per heavy atom. The van der Waals surface area contributed by atoms with Crippen LogP contribution in [-0.4, -0.2) is 50.5 Å². The number of aliphatic hydroxyl groups is 1. The van der Waals surface area contributed by atoms with Gasteiger partial charge in [-0.05, 0) is 19.9 Å². The zero-order valence-corrected chi connectivity index (χ0v) is 16.5. The van der Waals surface area contributed by atoms with Crippen LogP contribution in [0.5, 0.6) is 0 Å². The SMILES string of the molecule is CCOC(=O)C(O)(C(=O)OCC)C(Cl)(Cl)C(=O)c1cn(C)c2ccccc12. The van der Waals surface area contributed by atoms with Gasteiger partial charge in [0.15, 0.2) is 0 Å². The molecule has 7 nitrogen and oxygen atoms in total. The van der Waals surface area contributed by atoms with Crippen LogP contribution in [0.2, 0.25) is 0 Å². The van der Waals surface area contributed by atoms with Gasteiger partial charge in [0.2, 0.25) is 10.1 Å². The fourth-order valence-corrected chi connectivity index (χ4v) is 3.18. The number of hydrogen-bond donors (Lipinski definition) is 1. The van der Waals surface area contributed by atoms with E-state index in [2.05, 4.69) is 0 Å². The van der Waals surface area contributed by atoms with Gasteiger partial charge in [0.25, 0.3) is 0 Å². The Bertz CT molecular complexity index is 871. The maximum Gasteiger partial charge on any atom is 0.353 e. The van der Waals surface area contributed by atoms with Crippen LogP contribution in [0.25, 0.3) is 10.9 Å². The van der Waals surface area contributed by atoms with Crippen LogP contribution in [0.1, 0.15) is 24.2 Å². The lowest BCUT2D eigenvalue weighted by Crippen LogP contribution is -2.63. The van der Waals surface area contributed by atoms with Crippen LogP contribution in [0.15, 0.2) is 30.5 Å². The third kappa shape index (κ3) is 3.42. The maximum absolute atomic E-state index is 13.1. The lowest BCUT2D eigenvalue weighted by atomic mass is 9.92. The van der Waals surface area contributed by atoms with E-state index >= 15 is 0 Å². The van der Waals surface area contributed by atoms with Gasteiger partial charge >= 0.3 is 17.5 Å². The third-order valence-electron chi connectivity index (χ3n) is 4.02. The summed E-state index contributed by atoms with van der Waals surface area (Å²) in [4.78, 5) is 37.8. The number of hydrogen-bond acceptors (Lipinski definition) is 6. The average molecular weight is 416 g/mol. The van der Waals surface area contributed by atoms with Gasteiger partial charge in [-0.25, -0.2) is 9.59 Å². The largest absolute Gasteiger partial charge is 0.463 e. The number of nitrogens with zero attached hydrogens (tertiary/aromatic N) is 1. The number of carbonyl (C=O) groups excluding carboxylic acids is 3. The number of Topliss-reactive ketones (excluding diaryl/α,β-unsaturated/α-hetero) is 1. The number of ether oxygens (including phenoxy) is 2. The molecular weight excluding hydrogens is 397 g/mol. The Balaban J connectivity index is 2.61. The highest BCUT2D eigenvalue weighted by Crippen LogP contribution is 2.41. The molecule has 1 N–H and O–H groups in total. The molecule has 0 saturated carbocycles. The minimum Gasteiger partial charge on any atom is -0.463 e. The van der Waals surface area contributed by atoms with Crippen molar-refractivity contribution in [3.8, 4) is 0 Å². The van der Waals surface area contributed by atoms with E-state index in [0.717, 1.165) is 0 Å². The van der Waals surface area contributed by atoms with Gasteiger partial charge in [0.05, 0.1) is 13.2 Å². The first-order chi connectivity index (χ1) is 12.6. The van der Waals surface area contributed by atoms with E-state index in [9.17, 15) is 19.5 Å². The summed E-state index contributed by atoms with van der Waals surface area (Å²) < 4.78 is 8.22. The van der Waals surface area contributed by atoms with Crippen molar-refractivity contribution in [1.82, 2.24) is 4.57 Å². The zero-order valence-electron chi connectivity index (χ0n) is 15.0. The molecule has 27 heavy (non-hydrogen) atoms. The second-order valence-corrected chi connectivity index (χ2v) is 7.05. The van der Waals surface area contributed by atoms with Crippen molar-refractivity contribution >= 4 is 51.8 Å². The highest BCUT2D eigenvalue weighted by Gasteiger charge is 2.66. The van der Waals surface area contributed by atoms with E-state index in [4.69, 9.17) is 32.7 Å². The van der Waals surface area contributed by atoms with E-state index in [0.29, 0.717) is 10.9 Å². The summed E-state index contributed by atoms with van der Waals surface area (Å²) in [6.07, 6.45) is 1.45. The van der Waals surface area contributed by atoms with E-state index in [1.807, 2.05) is 0 Å². The van der Waals surface area contributed by atoms with Gasteiger partial charge < -0.3 is 19.1 Å². The van der Waals surface area contributed by atoms with Crippen LogP contribution in [-0.2, 0) is 26.1 Å². The van der Waals surface area contributed by atoms with Crippen LogP contribution in [0, 0.1) is 0 Å². The molecule has 2 aromatic rings. The number of aryl methyl sites for hydroxylation is 1. The smallest absolute Gasteiger partial charge is 0.353 e. The summed E-state index contributed by atoms with van der Waals surface area (Å²) in [5.41, 5.74) is -2.51. The summed E-state index contributed by atoms with van der Waals surface area (Å²) in [6, 6.07) is 6.89. The third-order valence-corrected chi connectivity index (χ3v) is 4.91. The molecule has 0 radical (unpaired) electrons. The molecule has 2 rings (SSSR count). The maximum atomic E-state index is 13.1. The van der Waals surface area contributed by atoms with Gasteiger partial charge in [0, 0.05) is 29.7 Å². The first-order valence-corrected chi connectivity index (χ1v) is 8.91. The summed E-state index contributed by atoms with van der Waals surface area (Å²) in [6.45, 7) is 2.57. The molecule has 0 bridgehead atoms. The van der Waals surface area contributed by atoms with Crippen LogP contribution >= 0.6 is 23.2 Å². The van der Waals surface area contributed by atoms with Crippen molar-refractivity contribution < 1.29 is 29.0 Å². The minimum absolute atomic E-state index is 0.0325. The Hall–Kier alpha value is -2.09. The Kier molecular flexibility index (Phi) is 6.19. The zero-order chi connectivity index (χ0) is 20.4. The Morgan fingerprint density at radius 3 is 2.11 bits per heavy atom. The Morgan fingerprint density at radius 1 is 1.07 bits per heavy atom.